The molecule has 0 aliphatic carbocycles. The van der Waals surface area contributed by atoms with Gasteiger partial charge in [-0.05, 0) is 19.1 Å². The molecule has 2 rings (SSSR count). The summed E-state index contributed by atoms with van der Waals surface area (Å²) in [5.74, 6) is 1.81. The second kappa shape index (κ2) is 6.47. The van der Waals surface area contributed by atoms with Gasteiger partial charge in [-0.3, -0.25) is 4.98 Å². The minimum Gasteiger partial charge on any atom is -0.484 e. The molecule has 2 aromatic heterocycles. The van der Waals surface area contributed by atoms with Gasteiger partial charge in [0.15, 0.2) is 6.61 Å². The summed E-state index contributed by atoms with van der Waals surface area (Å²) >= 11 is 0. The van der Waals surface area contributed by atoms with Crippen molar-refractivity contribution >= 4 is 0 Å². The molecule has 0 bridgehead atoms. The van der Waals surface area contributed by atoms with E-state index in [0.29, 0.717) is 24.3 Å². The molecule has 0 aliphatic heterocycles. The van der Waals surface area contributed by atoms with E-state index in [1.165, 1.54) is 0 Å². The standard InChI is InChI=1S/C14H20N4O2/c1-9(2)15-7-12-13(6-5-10(3)16-12)19-8-14-17-11(4)20-18-14/h5-6,9,15H,7-8H2,1-4H3. The molecule has 2 aromatic rings. The molecule has 0 amide bonds. The van der Waals surface area contributed by atoms with Gasteiger partial charge in [-0.2, -0.15) is 4.98 Å². The number of hydrogen-bond acceptors (Lipinski definition) is 6. The highest BCUT2D eigenvalue weighted by Gasteiger charge is 2.09. The molecule has 0 aliphatic rings. The Morgan fingerprint density at radius 1 is 1.25 bits per heavy atom. The third-order valence-corrected chi connectivity index (χ3v) is 2.68. The van der Waals surface area contributed by atoms with E-state index in [9.17, 15) is 0 Å². The zero-order chi connectivity index (χ0) is 14.5. The maximum absolute atomic E-state index is 5.74. The molecule has 0 atom stereocenters. The first kappa shape index (κ1) is 14.5. The van der Waals surface area contributed by atoms with Gasteiger partial charge < -0.3 is 14.6 Å². The monoisotopic (exact) mass is 276 g/mol. The van der Waals surface area contributed by atoms with Crippen LogP contribution in [0.3, 0.4) is 0 Å². The summed E-state index contributed by atoms with van der Waals surface area (Å²) < 4.78 is 10.6. The second-order valence-corrected chi connectivity index (χ2v) is 4.95. The highest BCUT2D eigenvalue weighted by molar-refractivity contribution is 5.29. The Morgan fingerprint density at radius 2 is 2.05 bits per heavy atom. The first-order chi connectivity index (χ1) is 9.54. The Bertz CT molecular complexity index is 566. The van der Waals surface area contributed by atoms with E-state index in [1.54, 1.807) is 6.92 Å². The normalized spacial score (nSPS) is 11.1. The van der Waals surface area contributed by atoms with Gasteiger partial charge in [0.2, 0.25) is 11.7 Å². The summed E-state index contributed by atoms with van der Waals surface area (Å²) in [5.41, 5.74) is 1.85. The molecule has 0 aromatic carbocycles. The van der Waals surface area contributed by atoms with Crippen LogP contribution in [0.4, 0.5) is 0 Å². The Hall–Kier alpha value is -1.95. The molecule has 0 unspecified atom stereocenters. The van der Waals surface area contributed by atoms with Crippen LogP contribution in [0.2, 0.25) is 0 Å². The number of nitrogens with zero attached hydrogens (tertiary/aromatic N) is 3. The minimum atomic E-state index is 0.275. The van der Waals surface area contributed by atoms with E-state index in [1.807, 2.05) is 19.1 Å². The van der Waals surface area contributed by atoms with Crippen molar-refractivity contribution in [3.63, 3.8) is 0 Å². The minimum absolute atomic E-state index is 0.275. The van der Waals surface area contributed by atoms with Gasteiger partial charge >= 0.3 is 0 Å². The number of aryl methyl sites for hydroxylation is 2. The van der Waals surface area contributed by atoms with Gasteiger partial charge in [0, 0.05) is 25.2 Å². The van der Waals surface area contributed by atoms with Crippen LogP contribution in [-0.4, -0.2) is 21.2 Å². The van der Waals surface area contributed by atoms with Crippen LogP contribution in [0, 0.1) is 13.8 Å². The zero-order valence-electron chi connectivity index (χ0n) is 12.3. The molecular weight excluding hydrogens is 256 g/mol. The predicted molar refractivity (Wildman–Crippen MR) is 74.3 cm³/mol. The van der Waals surface area contributed by atoms with Crippen molar-refractivity contribution in [2.45, 2.75) is 46.9 Å². The van der Waals surface area contributed by atoms with Crippen molar-refractivity contribution in [2.75, 3.05) is 0 Å². The summed E-state index contributed by atoms with van der Waals surface area (Å²) in [6.07, 6.45) is 0. The number of ether oxygens (including phenoxy) is 1. The summed E-state index contributed by atoms with van der Waals surface area (Å²) in [5, 5.41) is 7.14. The Kier molecular flexibility index (Phi) is 4.68. The average Bonchev–Trinajstić information content (AvgIpc) is 2.81. The number of rotatable bonds is 6. The zero-order valence-corrected chi connectivity index (χ0v) is 12.3. The highest BCUT2D eigenvalue weighted by Crippen LogP contribution is 2.18. The fourth-order valence-electron chi connectivity index (χ4n) is 1.70. The summed E-state index contributed by atoms with van der Waals surface area (Å²) in [7, 11) is 0. The molecule has 0 spiro atoms. The smallest absolute Gasteiger partial charge is 0.223 e. The molecule has 108 valence electrons. The molecule has 0 radical (unpaired) electrons. The van der Waals surface area contributed by atoms with Gasteiger partial charge in [0.05, 0.1) is 5.69 Å². The number of hydrogen-bond donors (Lipinski definition) is 1. The third kappa shape index (κ3) is 4.03. The van der Waals surface area contributed by atoms with E-state index < -0.39 is 0 Å². The van der Waals surface area contributed by atoms with Crippen LogP contribution < -0.4 is 10.1 Å². The van der Waals surface area contributed by atoms with E-state index in [2.05, 4.69) is 34.3 Å². The molecule has 6 nitrogen and oxygen atoms in total. The van der Waals surface area contributed by atoms with Gasteiger partial charge in [-0.25, -0.2) is 0 Å². The van der Waals surface area contributed by atoms with Crippen molar-refractivity contribution in [3.8, 4) is 5.75 Å². The van der Waals surface area contributed by atoms with Crippen molar-refractivity contribution in [2.24, 2.45) is 0 Å². The number of pyridine rings is 1. The molecule has 1 N–H and O–H groups in total. The average molecular weight is 276 g/mol. The Morgan fingerprint density at radius 3 is 2.70 bits per heavy atom. The van der Waals surface area contributed by atoms with Gasteiger partial charge in [0.25, 0.3) is 0 Å². The Balaban J connectivity index is 2.05. The van der Waals surface area contributed by atoms with Crippen molar-refractivity contribution in [3.05, 3.63) is 35.2 Å². The lowest BCUT2D eigenvalue weighted by Gasteiger charge is -2.12. The van der Waals surface area contributed by atoms with E-state index in [-0.39, 0.29) is 6.61 Å². The van der Waals surface area contributed by atoms with Gasteiger partial charge in [-0.1, -0.05) is 19.0 Å². The quantitative estimate of drug-likeness (QED) is 0.871. The fraction of sp³-hybridized carbons (Fsp3) is 0.500. The Labute approximate surface area is 118 Å². The third-order valence-electron chi connectivity index (χ3n) is 2.68. The molecule has 0 fully saturated rings. The first-order valence-corrected chi connectivity index (χ1v) is 6.66. The predicted octanol–water partition coefficient (Wildman–Crippen LogP) is 2.16. The van der Waals surface area contributed by atoms with Gasteiger partial charge in [0.1, 0.15) is 5.75 Å². The molecule has 0 saturated carbocycles. The van der Waals surface area contributed by atoms with E-state index in [0.717, 1.165) is 17.1 Å². The van der Waals surface area contributed by atoms with Crippen LogP contribution >= 0.6 is 0 Å². The van der Waals surface area contributed by atoms with Crippen LogP contribution in [0.25, 0.3) is 0 Å². The van der Waals surface area contributed by atoms with Crippen molar-refractivity contribution in [1.82, 2.24) is 20.4 Å². The molecular formula is C14H20N4O2. The van der Waals surface area contributed by atoms with Gasteiger partial charge in [-0.15, -0.1) is 0 Å². The summed E-state index contributed by atoms with van der Waals surface area (Å²) in [6, 6.07) is 4.24. The van der Waals surface area contributed by atoms with Crippen LogP contribution in [0.1, 0.15) is 37.0 Å². The van der Waals surface area contributed by atoms with Crippen LogP contribution in [0.5, 0.6) is 5.75 Å². The molecule has 20 heavy (non-hydrogen) atoms. The molecule has 0 saturated heterocycles. The SMILES string of the molecule is Cc1ccc(OCc2noc(C)n2)c(CNC(C)C)n1. The largest absolute Gasteiger partial charge is 0.484 e. The topological polar surface area (TPSA) is 73.1 Å². The van der Waals surface area contributed by atoms with Crippen LogP contribution in [0.15, 0.2) is 16.7 Å². The van der Waals surface area contributed by atoms with Crippen LogP contribution in [-0.2, 0) is 13.2 Å². The lowest BCUT2D eigenvalue weighted by molar-refractivity contribution is 0.280. The summed E-state index contributed by atoms with van der Waals surface area (Å²) in [6.45, 7) is 8.85. The summed E-state index contributed by atoms with van der Waals surface area (Å²) in [4.78, 5) is 8.62. The van der Waals surface area contributed by atoms with Crippen molar-refractivity contribution in [1.29, 1.82) is 0 Å². The van der Waals surface area contributed by atoms with E-state index in [4.69, 9.17) is 9.26 Å². The lowest BCUT2D eigenvalue weighted by Crippen LogP contribution is -2.23. The molecule has 2 heterocycles. The molecule has 6 heteroatoms. The second-order valence-electron chi connectivity index (χ2n) is 4.95. The first-order valence-electron chi connectivity index (χ1n) is 6.66. The number of nitrogens with one attached hydrogen (secondary N) is 1. The fourth-order valence-corrected chi connectivity index (χ4v) is 1.70. The highest BCUT2D eigenvalue weighted by atomic mass is 16.5. The number of aromatic nitrogens is 3. The maximum Gasteiger partial charge on any atom is 0.223 e. The van der Waals surface area contributed by atoms with Crippen molar-refractivity contribution < 1.29 is 9.26 Å². The lowest BCUT2D eigenvalue weighted by atomic mass is 10.2. The van der Waals surface area contributed by atoms with E-state index >= 15 is 0 Å². The maximum atomic E-state index is 5.74.